The van der Waals surface area contributed by atoms with Crippen molar-refractivity contribution in [1.29, 1.82) is 0 Å². The molecular formula is C20H25Cl2N3O. The smallest absolute Gasteiger partial charge is 0.0594 e. The van der Waals surface area contributed by atoms with E-state index < -0.39 is 0 Å². The molecule has 26 heavy (non-hydrogen) atoms. The molecule has 1 fully saturated rings. The third-order valence-electron chi connectivity index (χ3n) is 4.53. The van der Waals surface area contributed by atoms with E-state index in [-0.39, 0.29) is 0 Å². The molecule has 6 heteroatoms. The first-order chi connectivity index (χ1) is 12.7. The lowest BCUT2D eigenvalue weighted by atomic mass is 9.98. The van der Waals surface area contributed by atoms with Crippen molar-refractivity contribution in [2.75, 3.05) is 51.8 Å². The minimum atomic E-state index is 0.650. The molecule has 2 aromatic carbocycles. The normalized spacial score (nSPS) is 15.2. The van der Waals surface area contributed by atoms with Crippen LogP contribution in [-0.2, 0) is 11.3 Å². The van der Waals surface area contributed by atoms with Crippen LogP contribution in [0.2, 0.25) is 10.0 Å². The number of nitrogens with one attached hydrogen (secondary N) is 2. The van der Waals surface area contributed by atoms with E-state index in [1.807, 2.05) is 19.2 Å². The molecule has 0 spiro atoms. The largest absolute Gasteiger partial charge is 0.384 e. The first-order valence-electron chi connectivity index (χ1n) is 8.94. The Morgan fingerprint density at radius 1 is 1.00 bits per heavy atom. The number of hydrogen-bond acceptors (Lipinski definition) is 4. The van der Waals surface area contributed by atoms with Crippen molar-refractivity contribution in [2.45, 2.75) is 6.54 Å². The van der Waals surface area contributed by atoms with Gasteiger partial charge < -0.3 is 15.4 Å². The fourth-order valence-corrected chi connectivity index (χ4v) is 3.63. The predicted octanol–water partition coefficient (Wildman–Crippen LogP) is 4.12. The van der Waals surface area contributed by atoms with E-state index in [9.17, 15) is 0 Å². The maximum absolute atomic E-state index is 6.51. The van der Waals surface area contributed by atoms with Crippen molar-refractivity contribution >= 4 is 28.9 Å². The Morgan fingerprint density at radius 2 is 1.81 bits per heavy atom. The summed E-state index contributed by atoms with van der Waals surface area (Å²) in [6.45, 7) is 6.15. The molecule has 1 heterocycles. The zero-order chi connectivity index (χ0) is 18.4. The number of rotatable bonds is 7. The zero-order valence-electron chi connectivity index (χ0n) is 15.0. The number of ether oxygens (including phenoxy) is 1. The second-order valence-electron chi connectivity index (χ2n) is 6.41. The van der Waals surface area contributed by atoms with Crippen LogP contribution in [0.15, 0.2) is 36.4 Å². The quantitative estimate of drug-likeness (QED) is 0.693. The number of hydrogen-bond donors (Lipinski definition) is 2. The fraction of sp³-hybridized carbons (Fsp3) is 0.400. The van der Waals surface area contributed by atoms with Crippen LogP contribution in [0.5, 0.6) is 0 Å². The molecule has 0 amide bonds. The Balaban J connectivity index is 1.91. The van der Waals surface area contributed by atoms with Crippen molar-refractivity contribution in [3.8, 4) is 11.1 Å². The molecule has 1 aliphatic heterocycles. The monoisotopic (exact) mass is 393 g/mol. The van der Waals surface area contributed by atoms with Crippen LogP contribution in [0.25, 0.3) is 11.1 Å². The van der Waals surface area contributed by atoms with Crippen LogP contribution in [0.1, 0.15) is 5.56 Å². The highest BCUT2D eigenvalue weighted by Crippen LogP contribution is 2.35. The van der Waals surface area contributed by atoms with Gasteiger partial charge in [0.05, 0.1) is 13.2 Å². The molecule has 0 unspecified atom stereocenters. The minimum absolute atomic E-state index is 0.650. The van der Waals surface area contributed by atoms with Gasteiger partial charge in [0.2, 0.25) is 0 Å². The van der Waals surface area contributed by atoms with Crippen LogP contribution >= 0.6 is 23.2 Å². The minimum Gasteiger partial charge on any atom is -0.384 e. The molecule has 0 aliphatic carbocycles. The summed E-state index contributed by atoms with van der Waals surface area (Å²) >= 11 is 12.6. The van der Waals surface area contributed by atoms with E-state index >= 15 is 0 Å². The van der Waals surface area contributed by atoms with E-state index in [2.05, 4.69) is 33.7 Å². The second kappa shape index (κ2) is 9.58. The van der Waals surface area contributed by atoms with E-state index in [1.54, 1.807) is 6.07 Å². The molecule has 0 saturated carbocycles. The van der Waals surface area contributed by atoms with Crippen molar-refractivity contribution in [3.63, 3.8) is 0 Å². The predicted molar refractivity (Wildman–Crippen MR) is 110 cm³/mol. The molecule has 0 bridgehead atoms. The lowest BCUT2D eigenvalue weighted by Gasteiger charge is -2.27. The van der Waals surface area contributed by atoms with Gasteiger partial charge in [0.25, 0.3) is 0 Å². The number of nitrogens with zero attached hydrogens (tertiary/aromatic N) is 1. The average Bonchev–Trinajstić information content (AvgIpc) is 2.64. The van der Waals surface area contributed by atoms with Gasteiger partial charge >= 0.3 is 0 Å². The number of likely N-dealkylation sites (N-methyl/N-ethyl adjacent to an activating group) is 1. The first-order valence-corrected chi connectivity index (χ1v) is 9.70. The summed E-state index contributed by atoms with van der Waals surface area (Å²) in [4.78, 5) is 2.42. The summed E-state index contributed by atoms with van der Waals surface area (Å²) in [7, 11) is 1.95. The highest BCUT2D eigenvalue weighted by atomic mass is 35.5. The molecule has 1 saturated heterocycles. The lowest BCUT2D eigenvalue weighted by molar-refractivity contribution is 0.0342. The summed E-state index contributed by atoms with van der Waals surface area (Å²) in [5, 5.41) is 7.92. The number of halogens is 2. The van der Waals surface area contributed by atoms with Gasteiger partial charge in [-0.1, -0.05) is 35.3 Å². The Labute approximate surface area is 165 Å². The molecule has 1 aliphatic rings. The van der Waals surface area contributed by atoms with Gasteiger partial charge in [0, 0.05) is 54.0 Å². The standard InChI is InChI=1S/C20H25Cl2N3O/c1-23-6-7-24-17-4-2-15(14-25-8-10-26-11-9-25)19(13-17)18-5-3-16(21)12-20(18)22/h2-5,12-13,23-24H,6-11,14H2,1H3. The van der Waals surface area contributed by atoms with Crippen LogP contribution in [0.3, 0.4) is 0 Å². The van der Waals surface area contributed by atoms with Crippen molar-refractivity contribution < 1.29 is 4.74 Å². The van der Waals surface area contributed by atoms with Gasteiger partial charge in [-0.05, 0) is 42.4 Å². The van der Waals surface area contributed by atoms with E-state index in [4.69, 9.17) is 27.9 Å². The SMILES string of the molecule is CNCCNc1ccc(CN2CCOCC2)c(-c2ccc(Cl)cc2Cl)c1. The van der Waals surface area contributed by atoms with Gasteiger partial charge in [0.1, 0.15) is 0 Å². The summed E-state index contributed by atoms with van der Waals surface area (Å²) in [6, 6.07) is 12.2. The topological polar surface area (TPSA) is 36.5 Å². The number of morpholine rings is 1. The summed E-state index contributed by atoms with van der Waals surface area (Å²) in [6.07, 6.45) is 0. The maximum Gasteiger partial charge on any atom is 0.0594 e. The van der Waals surface area contributed by atoms with Gasteiger partial charge in [0.15, 0.2) is 0 Å². The molecule has 0 aromatic heterocycles. The molecule has 140 valence electrons. The Morgan fingerprint density at radius 3 is 2.54 bits per heavy atom. The third kappa shape index (κ3) is 5.12. The Bertz CT molecular complexity index is 733. The van der Waals surface area contributed by atoms with Crippen molar-refractivity contribution in [2.24, 2.45) is 0 Å². The molecule has 4 nitrogen and oxygen atoms in total. The third-order valence-corrected chi connectivity index (χ3v) is 5.08. The van der Waals surface area contributed by atoms with Crippen LogP contribution in [-0.4, -0.2) is 51.3 Å². The van der Waals surface area contributed by atoms with Crippen LogP contribution in [0.4, 0.5) is 5.69 Å². The zero-order valence-corrected chi connectivity index (χ0v) is 16.5. The van der Waals surface area contributed by atoms with Crippen LogP contribution in [0, 0.1) is 0 Å². The Hall–Kier alpha value is -1.30. The van der Waals surface area contributed by atoms with Crippen molar-refractivity contribution in [3.05, 3.63) is 52.0 Å². The first kappa shape index (κ1) is 19.5. The van der Waals surface area contributed by atoms with E-state index in [0.29, 0.717) is 10.0 Å². The highest BCUT2D eigenvalue weighted by Gasteiger charge is 2.15. The lowest BCUT2D eigenvalue weighted by Crippen LogP contribution is -2.35. The average molecular weight is 394 g/mol. The fourth-order valence-electron chi connectivity index (χ4n) is 3.11. The van der Waals surface area contributed by atoms with E-state index in [1.165, 1.54) is 5.56 Å². The Kier molecular flexibility index (Phi) is 7.17. The summed E-state index contributed by atoms with van der Waals surface area (Å²) in [5.41, 5.74) is 4.51. The van der Waals surface area contributed by atoms with Gasteiger partial charge in [-0.25, -0.2) is 0 Å². The van der Waals surface area contributed by atoms with Gasteiger partial charge in [-0.3, -0.25) is 4.90 Å². The molecule has 2 aromatic rings. The van der Waals surface area contributed by atoms with Crippen LogP contribution < -0.4 is 10.6 Å². The maximum atomic E-state index is 6.51. The second-order valence-corrected chi connectivity index (χ2v) is 7.26. The summed E-state index contributed by atoms with van der Waals surface area (Å²) < 4.78 is 5.47. The van der Waals surface area contributed by atoms with Crippen molar-refractivity contribution in [1.82, 2.24) is 10.2 Å². The molecular weight excluding hydrogens is 369 g/mol. The molecule has 2 N–H and O–H groups in total. The highest BCUT2D eigenvalue weighted by molar-refractivity contribution is 6.36. The number of anilines is 1. The van der Waals surface area contributed by atoms with Gasteiger partial charge in [-0.15, -0.1) is 0 Å². The molecule has 0 radical (unpaired) electrons. The number of benzene rings is 2. The van der Waals surface area contributed by atoms with E-state index in [0.717, 1.165) is 62.8 Å². The molecule has 0 atom stereocenters. The van der Waals surface area contributed by atoms with Gasteiger partial charge in [-0.2, -0.15) is 0 Å². The molecule has 3 rings (SSSR count). The summed E-state index contributed by atoms with van der Waals surface area (Å²) in [5.74, 6) is 0.